The molecular formula is C17H20F3N3O2S. The maximum atomic E-state index is 12.3. The molecule has 0 saturated heterocycles. The second-order valence-corrected chi connectivity index (χ2v) is 7.29. The predicted octanol–water partition coefficient (Wildman–Crippen LogP) is 3.92. The predicted molar refractivity (Wildman–Crippen MR) is 92.4 cm³/mol. The quantitative estimate of drug-likeness (QED) is 0.782. The molecule has 0 unspecified atom stereocenters. The highest BCUT2D eigenvalue weighted by Crippen LogP contribution is 2.21. The molecule has 9 heteroatoms. The Kier molecular flexibility index (Phi) is 6.57. The number of ether oxygens (including phenoxy) is 1. The summed E-state index contributed by atoms with van der Waals surface area (Å²) < 4.78 is 41.2. The van der Waals surface area contributed by atoms with Crippen LogP contribution in [0.15, 0.2) is 18.3 Å². The minimum atomic E-state index is -4.43. The zero-order valence-corrected chi connectivity index (χ0v) is 15.5. The number of carbonyl (C=O) groups excluding carboxylic acids is 1. The van der Waals surface area contributed by atoms with Crippen LogP contribution in [0.1, 0.15) is 39.8 Å². The average molecular weight is 387 g/mol. The van der Waals surface area contributed by atoms with Gasteiger partial charge in [-0.25, -0.2) is 9.97 Å². The lowest BCUT2D eigenvalue weighted by atomic mass is 10.1. The van der Waals surface area contributed by atoms with Gasteiger partial charge in [0, 0.05) is 25.2 Å². The molecule has 2 rings (SSSR count). The first-order valence-corrected chi connectivity index (χ1v) is 8.84. The minimum absolute atomic E-state index is 0.137. The molecule has 2 aromatic heterocycles. The molecule has 1 N–H and O–H groups in total. The maximum Gasteiger partial charge on any atom is 0.422 e. The van der Waals surface area contributed by atoms with Gasteiger partial charge in [0.15, 0.2) is 6.61 Å². The summed E-state index contributed by atoms with van der Waals surface area (Å²) in [7, 11) is 0. The van der Waals surface area contributed by atoms with Crippen LogP contribution in [0.2, 0.25) is 0 Å². The second-order valence-electron chi connectivity index (χ2n) is 6.21. The van der Waals surface area contributed by atoms with Crippen molar-refractivity contribution in [3.63, 3.8) is 0 Å². The van der Waals surface area contributed by atoms with Crippen molar-refractivity contribution in [3.8, 4) is 5.88 Å². The number of aryl methyl sites for hydroxylation is 1. The molecule has 0 saturated carbocycles. The molecule has 0 bridgehead atoms. The summed E-state index contributed by atoms with van der Waals surface area (Å²) in [5.74, 6) is 0.0512. The molecule has 26 heavy (non-hydrogen) atoms. The normalized spacial score (nSPS) is 11.7. The van der Waals surface area contributed by atoms with Crippen LogP contribution in [0.5, 0.6) is 5.88 Å². The molecule has 0 aliphatic heterocycles. The van der Waals surface area contributed by atoms with Gasteiger partial charge in [0.05, 0.1) is 10.7 Å². The summed E-state index contributed by atoms with van der Waals surface area (Å²) in [6.45, 7) is 4.69. The van der Waals surface area contributed by atoms with Gasteiger partial charge in [-0.1, -0.05) is 13.8 Å². The molecule has 0 aromatic carbocycles. The summed E-state index contributed by atoms with van der Waals surface area (Å²) in [5.41, 5.74) is 1.27. The van der Waals surface area contributed by atoms with Crippen LogP contribution in [0.3, 0.4) is 0 Å². The lowest BCUT2D eigenvalue weighted by molar-refractivity contribution is -0.154. The summed E-state index contributed by atoms with van der Waals surface area (Å²) in [6.07, 6.45) is -2.28. The number of halogens is 3. The number of hydrogen-bond donors (Lipinski definition) is 1. The first kappa shape index (κ1) is 20.2. The van der Waals surface area contributed by atoms with Gasteiger partial charge in [-0.05, 0) is 24.5 Å². The standard InChI is InChI=1S/C17H20F3N3O2S/c1-10(2)6-14-23-11(3)15(26-14)16(24)22-8-12-4-5-21-13(7-12)25-9-17(18,19)20/h4-5,7,10H,6,8-9H2,1-3H3,(H,22,24). The Labute approximate surface area is 153 Å². The number of aromatic nitrogens is 2. The van der Waals surface area contributed by atoms with Crippen LogP contribution in [0.4, 0.5) is 13.2 Å². The van der Waals surface area contributed by atoms with Gasteiger partial charge < -0.3 is 10.1 Å². The van der Waals surface area contributed by atoms with E-state index in [9.17, 15) is 18.0 Å². The van der Waals surface area contributed by atoms with E-state index in [0.29, 0.717) is 22.1 Å². The minimum Gasteiger partial charge on any atom is -0.468 e. The van der Waals surface area contributed by atoms with Crippen molar-refractivity contribution in [2.75, 3.05) is 6.61 Å². The van der Waals surface area contributed by atoms with Crippen LogP contribution in [0.25, 0.3) is 0 Å². The molecule has 5 nitrogen and oxygen atoms in total. The number of thiazole rings is 1. The summed E-state index contributed by atoms with van der Waals surface area (Å²) in [4.78, 5) is 21.0. The third kappa shape index (κ3) is 6.29. The van der Waals surface area contributed by atoms with E-state index in [4.69, 9.17) is 0 Å². The lowest BCUT2D eigenvalue weighted by Gasteiger charge is -2.09. The van der Waals surface area contributed by atoms with Crippen molar-refractivity contribution < 1.29 is 22.7 Å². The van der Waals surface area contributed by atoms with Gasteiger partial charge in [-0.2, -0.15) is 13.2 Å². The molecule has 0 aliphatic carbocycles. The Balaban J connectivity index is 1.96. The van der Waals surface area contributed by atoms with Crippen LogP contribution < -0.4 is 10.1 Å². The third-order valence-electron chi connectivity index (χ3n) is 3.27. The van der Waals surface area contributed by atoms with E-state index >= 15 is 0 Å². The fraction of sp³-hybridized carbons (Fsp3) is 0.471. The molecular weight excluding hydrogens is 367 g/mol. The molecule has 2 heterocycles. The van der Waals surface area contributed by atoms with Crippen molar-refractivity contribution in [2.24, 2.45) is 5.92 Å². The highest BCUT2D eigenvalue weighted by atomic mass is 32.1. The Morgan fingerprint density at radius 2 is 2.12 bits per heavy atom. The van der Waals surface area contributed by atoms with Crippen LogP contribution in [-0.4, -0.2) is 28.7 Å². The first-order valence-electron chi connectivity index (χ1n) is 8.03. The number of rotatable bonds is 7. The Hall–Kier alpha value is -2.16. The van der Waals surface area contributed by atoms with E-state index < -0.39 is 12.8 Å². The SMILES string of the molecule is Cc1nc(CC(C)C)sc1C(=O)NCc1ccnc(OCC(F)(F)F)c1. The van der Waals surface area contributed by atoms with Crippen molar-refractivity contribution in [2.45, 2.75) is 39.9 Å². The average Bonchev–Trinajstić information content (AvgIpc) is 2.90. The Morgan fingerprint density at radius 1 is 1.38 bits per heavy atom. The topological polar surface area (TPSA) is 64.1 Å². The summed E-state index contributed by atoms with van der Waals surface area (Å²) in [5, 5.41) is 3.66. The van der Waals surface area contributed by atoms with Crippen LogP contribution >= 0.6 is 11.3 Å². The lowest BCUT2D eigenvalue weighted by Crippen LogP contribution is -2.23. The van der Waals surface area contributed by atoms with E-state index in [1.807, 2.05) is 0 Å². The van der Waals surface area contributed by atoms with Gasteiger partial charge in [0.25, 0.3) is 5.91 Å². The highest BCUT2D eigenvalue weighted by molar-refractivity contribution is 7.13. The van der Waals surface area contributed by atoms with Gasteiger partial charge >= 0.3 is 6.18 Å². The van der Waals surface area contributed by atoms with E-state index in [1.165, 1.54) is 23.6 Å². The molecule has 0 spiro atoms. The molecule has 0 fully saturated rings. The molecule has 142 valence electrons. The van der Waals surface area contributed by atoms with Crippen LogP contribution in [0, 0.1) is 12.8 Å². The Bertz CT molecular complexity index is 760. The highest BCUT2D eigenvalue weighted by Gasteiger charge is 2.28. The monoisotopic (exact) mass is 387 g/mol. The second kappa shape index (κ2) is 8.48. The van der Waals surface area contributed by atoms with E-state index in [0.717, 1.165) is 11.4 Å². The zero-order chi connectivity index (χ0) is 19.3. The van der Waals surface area contributed by atoms with Crippen molar-refractivity contribution in [1.29, 1.82) is 0 Å². The third-order valence-corrected chi connectivity index (χ3v) is 4.44. The number of carbonyl (C=O) groups is 1. The number of nitrogens with zero attached hydrogens (tertiary/aromatic N) is 2. The molecule has 0 atom stereocenters. The van der Waals surface area contributed by atoms with Gasteiger partial charge in [-0.15, -0.1) is 11.3 Å². The van der Waals surface area contributed by atoms with Crippen LogP contribution in [-0.2, 0) is 13.0 Å². The van der Waals surface area contributed by atoms with Gasteiger partial charge in [-0.3, -0.25) is 4.79 Å². The van der Waals surface area contributed by atoms with Gasteiger partial charge in [0.2, 0.25) is 5.88 Å². The summed E-state index contributed by atoms with van der Waals surface area (Å²) >= 11 is 1.36. The fourth-order valence-electron chi connectivity index (χ4n) is 2.16. The fourth-order valence-corrected chi connectivity index (χ4v) is 3.35. The van der Waals surface area contributed by atoms with E-state index in [1.54, 1.807) is 13.0 Å². The number of hydrogen-bond acceptors (Lipinski definition) is 5. The smallest absolute Gasteiger partial charge is 0.422 e. The number of alkyl halides is 3. The maximum absolute atomic E-state index is 12.3. The molecule has 0 aliphatic rings. The zero-order valence-electron chi connectivity index (χ0n) is 14.7. The van der Waals surface area contributed by atoms with E-state index in [2.05, 4.69) is 33.9 Å². The van der Waals surface area contributed by atoms with Crippen molar-refractivity contribution >= 4 is 17.2 Å². The number of amides is 1. The Morgan fingerprint density at radius 3 is 2.77 bits per heavy atom. The largest absolute Gasteiger partial charge is 0.468 e. The molecule has 0 radical (unpaired) electrons. The molecule has 2 aromatic rings. The van der Waals surface area contributed by atoms with Gasteiger partial charge in [0.1, 0.15) is 4.88 Å². The van der Waals surface area contributed by atoms with E-state index in [-0.39, 0.29) is 18.3 Å². The summed E-state index contributed by atoms with van der Waals surface area (Å²) in [6, 6.07) is 2.97. The number of pyridine rings is 1. The van der Waals surface area contributed by atoms with Crippen molar-refractivity contribution in [3.05, 3.63) is 39.5 Å². The van der Waals surface area contributed by atoms with Crippen molar-refractivity contribution in [1.82, 2.24) is 15.3 Å². The molecule has 1 amide bonds. The number of nitrogens with one attached hydrogen (secondary N) is 1. The first-order chi connectivity index (χ1) is 12.1.